The Labute approximate surface area is 185 Å². The van der Waals surface area contributed by atoms with Gasteiger partial charge in [0.1, 0.15) is 5.82 Å². The Hall–Kier alpha value is -2.65. The summed E-state index contributed by atoms with van der Waals surface area (Å²) in [5.74, 6) is 0.865. The van der Waals surface area contributed by atoms with Crippen LogP contribution < -0.4 is 0 Å². The number of hydrogen-bond acceptors (Lipinski definition) is 4. The maximum absolute atomic E-state index is 12.6. The molecule has 0 unspecified atom stereocenters. The summed E-state index contributed by atoms with van der Waals surface area (Å²) in [5, 5.41) is 0. The average molecular weight is 451 g/mol. The molecule has 2 aromatic rings. The molecule has 1 aliphatic carbocycles. The molecular weight excluding hydrogens is 423 g/mol. The summed E-state index contributed by atoms with van der Waals surface area (Å²) in [5.41, 5.74) is 4.12. The number of carbonyl (C=O) groups is 1. The van der Waals surface area contributed by atoms with Crippen molar-refractivity contribution in [2.75, 3.05) is 20.8 Å². The number of ether oxygens (including phenoxy) is 2. The third-order valence-electron chi connectivity index (χ3n) is 5.44. The highest BCUT2D eigenvalue weighted by Gasteiger charge is 2.34. The maximum Gasteiger partial charge on any atom is 0.522 e. The van der Waals surface area contributed by atoms with Crippen molar-refractivity contribution in [3.05, 3.63) is 47.4 Å². The number of imidazole rings is 1. The average Bonchev–Trinajstić information content (AvgIpc) is 3.02. The first kappa shape index (κ1) is 24.0. The van der Waals surface area contributed by atoms with Crippen LogP contribution in [0.4, 0.5) is 13.2 Å². The molecule has 3 rings (SSSR count). The van der Waals surface area contributed by atoms with Gasteiger partial charge in [0.05, 0.1) is 23.7 Å². The number of rotatable bonds is 9. The van der Waals surface area contributed by atoms with E-state index in [2.05, 4.69) is 4.74 Å². The number of aromatic nitrogens is 2. The molecule has 32 heavy (non-hydrogen) atoms. The number of methoxy groups -OCH3 is 1. The van der Waals surface area contributed by atoms with Gasteiger partial charge in [0.15, 0.2) is 0 Å². The third kappa shape index (κ3) is 5.77. The quantitative estimate of drug-likeness (QED) is 0.404. The highest BCUT2D eigenvalue weighted by molar-refractivity contribution is 5.84. The van der Waals surface area contributed by atoms with E-state index < -0.39 is 13.0 Å². The second kappa shape index (κ2) is 9.87. The van der Waals surface area contributed by atoms with E-state index in [9.17, 15) is 18.0 Å². The Kier molecular flexibility index (Phi) is 7.40. The van der Waals surface area contributed by atoms with Gasteiger partial charge in [0, 0.05) is 32.8 Å². The lowest BCUT2D eigenvalue weighted by atomic mass is 9.81. The Balaban J connectivity index is 2.03. The van der Waals surface area contributed by atoms with E-state index in [-0.39, 0.29) is 18.6 Å². The molecule has 0 spiro atoms. The smallest absolute Gasteiger partial charge is 0.381 e. The Morgan fingerprint density at radius 2 is 2.03 bits per heavy atom. The Bertz CT molecular complexity index is 1020. The summed E-state index contributed by atoms with van der Waals surface area (Å²) in [6.07, 6.45) is 1.38. The standard InChI is InChI=1S/C23H28F3N3O3/c1-15(2)9-18(13-28(3)14-30)16-5-6-20-21(12-16)29(7-8-32-23(24,25)26)22(27-20)17-10-19(11-17)31-4/h5-6,9,12-14,17,19H,7-8,10-11H2,1-4H3/b18-13+. The molecule has 1 aliphatic rings. The molecule has 1 heterocycles. The van der Waals surface area contributed by atoms with Crippen LogP contribution in [0.3, 0.4) is 0 Å². The van der Waals surface area contributed by atoms with Crippen LogP contribution in [0.2, 0.25) is 0 Å². The number of nitrogens with zero attached hydrogens (tertiary/aromatic N) is 3. The first-order valence-electron chi connectivity index (χ1n) is 10.4. The number of hydrogen-bond donors (Lipinski definition) is 0. The van der Waals surface area contributed by atoms with E-state index in [1.165, 1.54) is 4.90 Å². The summed E-state index contributed by atoms with van der Waals surface area (Å²) >= 11 is 0. The first-order chi connectivity index (χ1) is 15.1. The van der Waals surface area contributed by atoms with Gasteiger partial charge in [-0.1, -0.05) is 17.7 Å². The van der Waals surface area contributed by atoms with Gasteiger partial charge in [0.25, 0.3) is 0 Å². The van der Waals surface area contributed by atoms with Crippen molar-refractivity contribution in [1.82, 2.24) is 14.5 Å². The predicted molar refractivity (Wildman–Crippen MR) is 116 cm³/mol. The zero-order chi connectivity index (χ0) is 23.5. The lowest BCUT2D eigenvalue weighted by Gasteiger charge is -2.33. The van der Waals surface area contributed by atoms with Crippen LogP contribution in [0.15, 0.2) is 36.0 Å². The topological polar surface area (TPSA) is 56.6 Å². The molecule has 9 heteroatoms. The van der Waals surface area contributed by atoms with Crippen molar-refractivity contribution in [1.29, 1.82) is 0 Å². The largest absolute Gasteiger partial charge is 0.522 e. The number of alkyl halides is 3. The van der Waals surface area contributed by atoms with Crippen LogP contribution in [0.1, 0.15) is 44.0 Å². The number of allylic oxidation sites excluding steroid dienone is 3. The molecule has 0 N–H and O–H groups in total. The first-order valence-corrected chi connectivity index (χ1v) is 10.4. The highest BCUT2D eigenvalue weighted by atomic mass is 19.4. The van der Waals surface area contributed by atoms with Gasteiger partial charge in [0.2, 0.25) is 6.41 Å². The summed E-state index contributed by atoms with van der Waals surface area (Å²) in [7, 11) is 3.30. The van der Waals surface area contributed by atoms with E-state index in [1.807, 2.05) is 42.7 Å². The van der Waals surface area contributed by atoms with Crippen LogP contribution in [0, 0.1) is 0 Å². The third-order valence-corrected chi connectivity index (χ3v) is 5.44. The summed E-state index contributed by atoms with van der Waals surface area (Å²) in [6.45, 7) is 3.43. The van der Waals surface area contributed by atoms with Crippen molar-refractivity contribution < 1.29 is 27.4 Å². The number of benzene rings is 1. The molecule has 0 radical (unpaired) electrons. The fourth-order valence-electron chi connectivity index (χ4n) is 3.85. The maximum atomic E-state index is 12.6. The summed E-state index contributed by atoms with van der Waals surface area (Å²) in [6, 6.07) is 5.66. The van der Waals surface area contributed by atoms with Crippen molar-refractivity contribution in [2.24, 2.45) is 0 Å². The molecule has 0 aliphatic heterocycles. The fourth-order valence-corrected chi connectivity index (χ4v) is 3.85. The lowest BCUT2D eigenvalue weighted by Crippen LogP contribution is -2.31. The number of halogens is 3. The molecule has 1 aromatic heterocycles. The molecule has 0 atom stereocenters. The molecule has 0 saturated heterocycles. The van der Waals surface area contributed by atoms with Gasteiger partial charge in [-0.3, -0.25) is 9.53 Å². The molecule has 0 bridgehead atoms. The second-order valence-corrected chi connectivity index (χ2v) is 8.22. The zero-order valence-electron chi connectivity index (χ0n) is 18.6. The van der Waals surface area contributed by atoms with Gasteiger partial charge in [-0.25, -0.2) is 4.98 Å². The van der Waals surface area contributed by atoms with Gasteiger partial charge in [-0.2, -0.15) is 0 Å². The summed E-state index contributed by atoms with van der Waals surface area (Å²) in [4.78, 5) is 17.3. The van der Waals surface area contributed by atoms with Gasteiger partial charge in [-0.15, -0.1) is 13.2 Å². The van der Waals surface area contributed by atoms with Gasteiger partial charge >= 0.3 is 6.36 Å². The minimum atomic E-state index is -4.68. The molecule has 1 saturated carbocycles. The van der Waals surface area contributed by atoms with Gasteiger partial charge < -0.3 is 14.2 Å². The van der Waals surface area contributed by atoms with Crippen molar-refractivity contribution in [3.63, 3.8) is 0 Å². The van der Waals surface area contributed by atoms with Crippen LogP contribution in [0.5, 0.6) is 0 Å². The predicted octanol–water partition coefficient (Wildman–Crippen LogP) is 4.86. The van der Waals surface area contributed by atoms with Crippen LogP contribution in [0.25, 0.3) is 16.6 Å². The molecule has 174 valence electrons. The summed E-state index contributed by atoms with van der Waals surface area (Å²) < 4.78 is 48.9. The van der Waals surface area contributed by atoms with Crippen molar-refractivity contribution in [3.8, 4) is 0 Å². The van der Waals surface area contributed by atoms with E-state index in [4.69, 9.17) is 9.72 Å². The molecule has 1 amide bonds. The van der Waals surface area contributed by atoms with E-state index in [0.717, 1.165) is 40.9 Å². The van der Waals surface area contributed by atoms with E-state index in [0.29, 0.717) is 11.9 Å². The zero-order valence-corrected chi connectivity index (χ0v) is 18.6. The van der Waals surface area contributed by atoms with E-state index in [1.54, 1.807) is 20.4 Å². The van der Waals surface area contributed by atoms with E-state index >= 15 is 0 Å². The minimum absolute atomic E-state index is 0.0267. The fraction of sp³-hybridized carbons (Fsp3) is 0.478. The number of carbonyl (C=O) groups excluding carboxylic acids is 1. The number of amides is 1. The van der Waals surface area contributed by atoms with Crippen LogP contribution in [-0.2, 0) is 20.8 Å². The second-order valence-electron chi connectivity index (χ2n) is 8.22. The lowest BCUT2D eigenvalue weighted by molar-refractivity contribution is -0.325. The van der Waals surface area contributed by atoms with Crippen LogP contribution in [-0.4, -0.2) is 54.1 Å². The highest BCUT2D eigenvalue weighted by Crippen LogP contribution is 2.39. The Morgan fingerprint density at radius 1 is 1.31 bits per heavy atom. The normalized spacial score (nSPS) is 19.0. The SMILES string of the molecule is COC1CC(c2nc3ccc(/C(C=C(C)C)=C/N(C)C=O)cc3n2CCOC(F)(F)F)C1. The van der Waals surface area contributed by atoms with Gasteiger partial charge in [-0.05, 0) is 50.0 Å². The molecule has 1 fully saturated rings. The minimum Gasteiger partial charge on any atom is -0.381 e. The van der Waals surface area contributed by atoms with Crippen LogP contribution >= 0.6 is 0 Å². The van der Waals surface area contributed by atoms with Crippen molar-refractivity contribution >= 4 is 23.0 Å². The molecular formula is C23H28F3N3O3. The monoisotopic (exact) mass is 451 g/mol. The van der Waals surface area contributed by atoms with Crippen molar-refractivity contribution in [2.45, 2.75) is 51.6 Å². The molecule has 6 nitrogen and oxygen atoms in total. The number of fused-ring (bicyclic) bond motifs is 1. The molecule has 1 aromatic carbocycles. The Morgan fingerprint density at radius 3 is 2.62 bits per heavy atom.